The molecule has 0 saturated carbocycles. The molecule has 0 bridgehead atoms. The first kappa shape index (κ1) is 14.1. The van der Waals surface area contributed by atoms with E-state index >= 15 is 0 Å². The van der Waals surface area contributed by atoms with Crippen LogP contribution in [0.5, 0.6) is 5.75 Å². The number of nitrogens with one attached hydrogen (secondary N) is 1. The molecule has 112 valence electrons. The molecule has 2 aromatic rings. The average Bonchev–Trinajstić information content (AvgIpc) is 2.54. The van der Waals surface area contributed by atoms with Crippen LogP contribution in [-0.4, -0.2) is 25.0 Å². The number of carbonyl (C=O) groups is 2. The number of likely N-dealkylation sites (N-methyl/N-ethyl adjacent to an activating group) is 1. The number of benzene rings is 2. The summed E-state index contributed by atoms with van der Waals surface area (Å²) in [7, 11) is 1.70. The maximum atomic E-state index is 12.2. The molecule has 0 aromatic heterocycles. The van der Waals surface area contributed by atoms with Gasteiger partial charge in [0.25, 0.3) is 11.8 Å². The standard InChI is InChI=1S/C17H16N2O3/c1-11-17(21)19(2)14-10-13(8-9-15(14)22-11)18-16(20)12-6-4-3-5-7-12/h3-11H,1-2H3,(H,18,20)/t11-/m0/s1. The Morgan fingerprint density at radius 1 is 1.18 bits per heavy atom. The Bertz CT molecular complexity index is 728. The second-order valence-corrected chi connectivity index (χ2v) is 5.16. The van der Waals surface area contributed by atoms with Gasteiger partial charge >= 0.3 is 0 Å². The fourth-order valence-corrected chi connectivity index (χ4v) is 2.38. The summed E-state index contributed by atoms with van der Waals surface area (Å²) < 4.78 is 5.56. The number of rotatable bonds is 2. The molecule has 0 saturated heterocycles. The second kappa shape index (κ2) is 5.52. The van der Waals surface area contributed by atoms with E-state index in [2.05, 4.69) is 5.32 Å². The highest BCUT2D eigenvalue weighted by Crippen LogP contribution is 2.35. The summed E-state index contributed by atoms with van der Waals surface area (Å²) in [6, 6.07) is 14.2. The predicted octanol–water partition coefficient (Wildman–Crippen LogP) is 2.68. The molecule has 0 radical (unpaired) electrons. The minimum Gasteiger partial charge on any atom is -0.479 e. The van der Waals surface area contributed by atoms with Gasteiger partial charge in [-0.3, -0.25) is 9.59 Å². The normalized spacial score (nSPS) is 16.7. The molecule has 0 spiro atoms. The summed E-state index contributed by atoms with van der Waals surface area (Å²) in [5.41, 5.74) is 1.84. The van der Waals surface area contributed by atoms with Crippen LogP contribution >= 0.6 is 0 Å². The van der Waals surface area contributed by atoms with Crippen LogP contribution in [0, 0.1) is 0 Å². The van der Waals surface area contributed by atoms with Gasteiger partial charge in [-0.05, 0) is 37.3 Å². The number of amides is 2. The monoisotopic (exact) mass is 296 g/mol. The minimum absolute atomic E-state index is 0.112. The van der Waals surface area contributed by atoms with E-state index in [9.17, 15) is 9.59 Å². The van der Waals surface area contributed by atoms with Gasteiger partial charge in [0.2, 0.25) is 0 Å². The Balaban J connectivity index is 1.85. The number of hydrogen-bond acceptors (Lipinski definition) is 3. The topological polar surface area (TPSA) is 58.6 Å². The minimum atomic E-state index is -0.498. The van der Waals surface area contributed by atoms with Gasteiger partial charge in [-0.25, -0.2) is 0 Å². The van der Waals surface area contributed by atoms with Crippen molar-refractivity contribution >= 4 is 23.2 Å². The van der Waals surface area contributed by atoms with E-state index in [1.807, 2.05) is 18.2 Å². The van der Waals surface area contributed by atoms with Gasteiger partial charge in [0, 0.05) is 18.3 Å². The van der Waals surface area contributed by atoms with Crippen LogP contribution in [0.1, 0.15) is 17.3 Å². The molecule has 2 aromatic carbocycles. The van der Waals surface area contributed by atoms with E-state index < -0.39 is 6.10 Å². The highest BCUT2D eigenvalue weighted by Gasteiger charge is 2.29. The van der Waals surface area contributed by atoms with E-state index in [0.29, 0.717) is 22.7 Å². The summed E-state index contributed by atoms with van der Waals surface area (Å²) in [4.78, 5) is 25.7. The average molecular weight is 296 g/mol. The molecular weight excluding hydrogens is 280 g/mol. The van der Waals surface area contributed by atoms with Gasteiger partial charge < -0.3 is 15.0 Å². The van der Waals surface area contributed by atoms with Gasteiger partial charge in [-0.15, -0.1) is 0 Å². The van der Waals surface area contributed by atoms with Crippen molar-refractivity contribution in [1.82, 2.24) is 0 Å². The molecule has 1 atom stereocenters. The summed E-state index contributed by atoms with van der Waals surface area (Å²) in [6.45, 7) is 1.72. The van der Waals surface area contributed by atoms with Gasteiger partial charge in [-0.2, -0.15) is 0 Å². The summed E-state index contributed by atoms with van der Waals surface area (Å²) in [6.07, 6.45) is -0.498. The summed E-state index contributed by atoms with van der Waals surface area (Å²) >= 11 is 0. The van der Waals surface area contributed by atoms with Crippen molar-refractivity contribution in [2.24, 2.45) is 0 Å². The van der Waals surface area contributed by atoms with E-state index in [1.165, 1.54) is 0 Å². The third kappa shape index (κ3) is 2.53. The van der Waals surface area contributed by atoms with Crippen LogP contribution in [0.2, 0.25) is 0 Å². The largest absolute Gasteiger partial charge is 0.479 e. The van der Waals surface area contributed by atoms with E-state index in [4.69, 9.17) is 4.74 Å². The predicted molar refractivity (Wildman–Crippen MR) is 84.3 cm³/mol. The van der Waals surface area contributed by atoms with Gasteiger partial charge in [-0.1, -0.05) is 18.2 Å². The van der Waals surface area contributed by atoms with Gasteiger partial charge in [0.15, 0.2) is 6.10 Å². The lowest BCUT2D eigenvalue weighted by Crippen LogP contribution is -2.41. The zero-order chi connectivity index (χ0) is 15.7. The number of ether oxygens (including phenoxy) is 1. The smallest absolute Gasteiger partial charge is 0.267 e. The van der Waals surface area contributed by atoms with Crippen molar-refractivity contribution in [2.75, 3.05) is 17.3 Å². The Morgan fingerprint density at radius 2 is 1.91 bits per heavy atom. The molecular formula is C17H16N2O3. The lowest BCUT2D eigenvalue weighted by molar-refractivity contribution is -0.125. The SMILES string of the molecule is C[C@@H]1Oc2ccc(NC(=O)c3ccccc3)cc2N(C)C1=O. The molecule has 5 heteroatoms. The third-order valence-electron chi connectivity index (χ3n) is 3.60. The maximum absolute atomic E-state index is 12.2. The third-order valence-corrected chi connectivity index (χ3v) is 3.60. The number of nitrogens with zero attached hydrogens (tertiary/aromatic N) is 1. The summed E-state index contributed by atoms with van der Waals surface area (Å²) in [5, 5.41) is 2.82. The van der Waals surface area contributed by atoms with Crippen molar-refractivity contribution in [3.05, 3.63) is 54.1 Å². The highest BCUT2D eigenvalue weighted by molar-refractivity contribution is 6.05. The highest BCUT2D eigenvalue weighted by atomic mass is 16.5. The lowest BCUT2D eigenvalue weighted by atomic mass is 10.1. The van der Waals surface area contributed by atoms with Crippen molar-refractivity contribution in [3.63, 3.8) is 0 Å². The fraction of sp³-hybridized carbons (Fsp3) is 0.176. The van der Waals surface area contributed by atoms with Crippen LogP contribution in [0.4, 0.5) is 11.4 Å². The van der Waals surface area contributed by atoms with E-state index in [0.717, 1.165) is 0 Å². The molecule has 1 heterocycles. The Morgan fingerprint density at radius 3 is 2.64 bits per heavy atom. The van der Waals surface area contributed by atoms with Crippen LogP contribution in [0.3, 0.4) is 0 Å². The van der Waals surface area contributed by atoms with Crippen LogP contribution in [-0.2, 0) is 4.79 Å². The Labute approximate surface area is 128 Å². The van der Waals surface area contributed by atoms with Crippen LogP contribution in [0.25, 0.3) is 0 Å². The van der Waals surface area contributed by atoms with Gasteiger partial charge in [0.1, 0.15) is 5.75 Å². The molecule has 1 N–H and O–H groups in total. The van der Waals surface area contributed by atoms with Crippen LogP contribution < -0.4 is 15.0 Å². The zero-order valence-corrected chi connectivity index (χ0v) is 12.4. The molecule has 0 unspecified atom stereocenters. The van der Waals surface area contributed by atoms with Crippen molar-refractivity contribution in [1.29, 1.82) is 0 Å². The number of hydrogen-bond donors (Lipinski definition) is 1. The van der Waals surface area contributed by atoms with E-state index in [-0.39, 0.29) is 11.8 Å². The molecule has 2 amide bonds. The lowest BCUT2D eigenvalue weighted by Gasteiger charge is -2.30. The quantitative estimate of drug-likeness (QED) is 0.927. The number of anilines is 2. The van der Waals surface area contributed by atoms with Crippen molar-refractivity contribution in [2.45, 2.75) is 13.0 Å². The fourth-order valence-electron chi connectivity index (χ4n) is 2.38. The molecule has 0 aliphatic carbocycles. The Kier molecular flexibility index (Phi) is 3.55. The number of carbonyl (C=O) groups excluding carboxylic acids is 2. The number of fused-ring (bicyclic) bond motifs is 1. The van der Waals surface area contributed by atoms with E-state index in [1.54, 1.807) is 49.2 Å². The summed E-state index contributed by atoms with van der Waals surface area (Å²) in [5.74, 6) is 0.325. The van der Waals surface area contributed by atoms with Gasteiger partial charge in [0.05, 0.1) is 5.69 Å². The van der Waals surface area contributed by atoms with Crippen molar-refractivity contribution in [3.8, 4) is 5.75 Å². The second-order valence-electron chi connectivity index (χ2n) is 5.16. The molecule has 22 heavy (non-hydrogen) atoms. The van der Waals surface area contributed by atoms with Crippen molar-refractivity contribution < 1.29 is 14.3 Å². The maximum Gasteiger partial charge on any atom is 0.267 e. The first-order chi connectivity index (χ1) is 10.6. The first-order valence-electron chi connectivity index (χ1n) is 7.01. The Hall–Kier alpha value is -2.82. The van der Waals surface area contributed by atoms with Crippen LogP contribution in [0.15, 0.2) is 48.5 Å². The molecule has 5 nitrogen and oxygen atoms in total. The molecule has 1 aliphatic heterocycles. The molecule has 0 fully saturated rings. The molecule has 1 aliphatic rings. The first-order valence-corrected chi connectivity index (χ1v) is 7.01. The molecule has 3 rings (SSSR count). The zero-order valence-electron chi connectivity index (χ0n) is 12.4.